The van der Waals surface area contributed by atoms with Crippen LogP contribution in [0.3, 0.4) is 0 Å². The Morgan fingerprint density at radius 3 is 1.60 bits per heavy atom. The number of rotatable bonds is 16. The Balaban J connectivity index is 0.970. The van der Waals surface area contributed by atoms with Gasteiger partial charge in [0.05, 0.1) is 11.3 Å². The summed E-state index contributed by atoms with van der Waals surface area (Å²) < 4.78 is 12.4. The topological polar surface area (TPSA) is 94.2 Å². The summed E-state index contributed by atoms with van der Waals surface area (Å²) in [5.74, 6) is 2.36. The van der Waals surface area contributed by atoms with E-state index in [2.05, 4.69) is 88.5 Å². The molecule has 324 valence electrons. The van der Waals surface area contributed by atoms with E-state index < -0.39 is 0 Å². The van der Waals surface area contributed by atoms with E-state index in [1.54, 1.807) is 30.3 Å². The van der Waals surface area contributed by atoms with E-state index in [0.717, 1.165) is 59.4 Å². The third-order valence-electron chi connectivity index (χ3n) is 13.4. The number of anilines is 1. The number of ether oxygens (including phenoxy) is 2. The van der Waals surface area contributed by atoms with Crippen molar-refractivity contribution in [1.82, 2.24) is 5.32 Å². The fourth-order valence-corrected chi connectivity index (χ4v) is 7.95. The van der Waals surface area contributed by atoms with Crippen LogP contribution in [-0.2, 0) is 22.3 Å². The first-order chi connectivity index (χ1) is 30.2. The van der Waals surface area contributed by atoms with Crippen molar-refractivity contribution in [1.29, 1.82) is 0 Å². The zero-order valence-electron chi connectivity index (χ0n) is 37.7. The van der Waals surface area contributed by atoms with E-state index in [9.17, 15) is 14.4 Å². The molecule has 0 bridgehead atoms. The molecular formula is C55H58N2O6. The number of carbonyl (C=O) groups excluding carboxylic acids is 3. The van der Waals surface area contributed by atoms with Crippen molar-refractivity contribution in [2.45, 2.75) is 104 Å². The minimum absolute atomic E-state index is 0.172. The molecule has 0 fully saturated rings. The van der Waals surface area contributed by atoms with E-state index in [4.69, 9.17) is 14.3 Å². The van der Waals surface area contributed by atoms with Crippen LogP contribution in [0.2, 0.25) is 0 Å². The quantitative estimate of drug-likeness (QED) is 0.0975. The molecule has 0 aromatic heterocycles. The van der Waals surface area contributed by atoms with Gasteiger partial charge in [0.1, 0.15) is 29.6 Å². The van der Waals surface area contributed by atoms with Crippen LogP contribution in [0.15, 0.2) is 133 Å². The van der Waals surface area contributed by atoms with E-state index in [1.165, 1.54) is 16.2 Å². The smallest absolute Gasteiger partial charge is 0.282 e. The Labute approximate surface area is 372 Å². The number of hydroxylamine groups is 1. The molecule has 8 heteroatoms. The van der Waals surface area contributed by atoms with Crippen LogP contribution in [-0.4, -0.2) is 23.6 Å². The van der Waals surface area contributed by atoms with E-state index in [-0.39, 0.29) is 34.8 Å². The fourth-order valence-electron chi connectivity index (χ4n) is 7.95. The molecule has 0 radical (unpaired) electrons. The summed E-state index contributed by atoms with van der Waals surface area (Å²) in [6.45, 7) is 17.4. The van der Waals surface area contributed by atoms with E-state index >= 15 is 0 Å². The molecule has 1 aliphatic rings. The SMILES string of the molecule is CCC(C)(CC)NC(=O)c1cc(-c2ccc3c(c2)CON(c2ccc(Oc4ccc(C(C)(C)c5ccc(Oc6ccc(C(C)(CC)CC)cc6)cc5)cc4)cc2)C3=O)ccc1C=O. The average Bonchev–Trinajstić information content (AvgIpc) is 3.32. The number of amides is 2. The highest BCUT2D eigenvalue weighted by atomic mass is 16.7. The molecule has 0 saturated carbocycles. The van der Waals surface area contributed by atoms with Gasteiger partial charge >= 0.3 is 0 Å². The lowest BCUT2D eigenvalue weighted by atomic mass is 9.78. The predicted molar refractivity (Wildman–Crippen MR) is 251 cm³/mol. The second kappa shape index (κ2) is 18.5. The van der Waals surface area contributed by atoms with Crippen molar-refractivity contribution in [2.75, 3.05) is 5.06 Å². The van der Waals surface area contributed by atoms with Crippen molar-refractivity contribution in [3.63, 3.8) is 0 Å². The minimum atomic E-state index is -0.382. The van der Waals surface area contributed by atoms with Gasteiger partial charge in [0.2, 0.25) is 0 Å². The Morgan fingerprint density at radius 2 is 1.11 bits per heavy atom. The number of nitrogens with zero attached hydrogens (tertiary/aromatic N) is 1. The molecule has 0 atom stereocenters. The number of fused-ring (bicyclic) bond motifs is 1. The lowest BCUT2D eigenvalue weighted by Crippen LogP contribution is -2.45. The van der Waals surface area contributed by atoms with Crippen LogP contribution >= 0.6 is 0 Å². The normalized spacial score (nSPS) is 13.0. The maximum atomic E-state index is 13.7. The van der Waals surface area contributed by atoms with Gasteiger partial charge in [-0.05, 0) is 150 Å². The van der Waals surface area contributed by atoms with Gasteiger partial charge in [-0.1, -0.05) is 103 Å². The number of carbonyl (C=O) groups is 3. The van der Waals surface area contributed by atoms with Crippen molar-refractivity contribution in [3.05, 3.63) is 172 Å². The van der Waals surface area contributed by atoms with Gasteiger partial charge in [-0.2, -0.15) is 5.06 Å². The van der Waals surface area contributed by atoms with Crippen LogP contribution in [0.5, 0.6) is 23.0 Å². The molecule has 0 spiro atoms. The summed E-state index contributed by atoms with van der Waals surface area (Å²) in [6.07, 6.45) is 4.41. The fraction of sp³-hybridized carbons (Fsp3) is 0.291. The molecule has 0 aliphatic carbocycles. The second-order valence-corrected chi connectivity index (χ2v) is 17.6. The van der Waals surface area contributed by atoms with Gasteiger partial charge in [0.15, 0.2) is 6.29 Å². The zero-order chi connectivity index (χ0) is 44.9. The Kier molecular flexibility index (Phi) is 13.0. The Morgan fingerprint density at radius 1 is 0.635 bits per heavy atom. The Bertz CT molecular complexity index is 2570. The maximum Gasteiger partial charge on any atom is 0.282 e. The van der Waals surface area contributed by atoms with Crippen LogP contribution in [0, 0.1) is 0 Å². The van der Waals surface area contributed by atoms with Crippen molar-refractivity contribution < 1.29 is 28.7 Å². The van der Waals surface area contributed by atoms with Crippen molar-refractivity contribution >= 4 is 23.8 Å². The molecule has 7 rings (SSSR count). The summed E-state index contributed by atoms with van der Waals surface area (Å²) in [4.78, 5) is 44.9. The zero-order valence-corrected chi connectivity index (χ0v) is 37.7. The summed E-state index contributed by atoms with van der Waals surface area (Å²) in [5, 5.41) is 4.40. The number of nitrogens with one attached hydrogen (secondary N) is 1. The third-order valence-corrected chi connectivity index (χ3v) is 13.4. The molecule has 2 amide bonds. The third kappa shape index (κ3) is 9.47. The average molecular weight is 843 g/mol. The number of hydrogen-bond acceptors (Lipinski definition) is 6. The van der Waals surface area contributed by atoms with E-state index in [0.29, 0.717) is 40.2 Å². The van der Waals surface area contributed by atoms with Crippen LogP contribution in [0.25, 0.3) is 11.1 Å². The van der Waals surface area contributed by atoms with Gasteiger partial charge in [0, 0.05) is 22.1 Å². The largest absolute Gasteiger partial charge is 0.457 e. The summed E-state index contributed by atoms with van der Waals surface area (Å²) in [7, 11) is 0. The first kappa shape index (κ1) is 44.5. The molecule has 1 heterocycles. The first-order valence-electron chi connectivity index (χ1n) is 22.0. The number of benzene rings is 6. The lowest BCUT2D eigenvalue weighted by Gasteiger charge is -2.29. The van der Waals surface area contributed by atoms with Gasteiger partial charge in [-0.3, -0.25) is 19.2 Å². The molecule has 1 aliphatic heterocycles. The molecular weight excluding hydrogens is 785 g/mol. The standard InChI is InChI=1S/C55H58N2O6/c1-9-54(7,10-2)43-20-28-47(29-21-43)62-45-24-16-41(17-25-45)53(5,6)42-18-26-46(27-19-42)63-48-30-22-44(23-31-48)57-52(60)49-32-15-37(33-40(49)36-61-57)38-13-14-39(35-58)50(34-38)51(59)56-55(8,11-3)12-4/h13-35H,9-12,36H2,1-8H3,(H,56,59). The highest BCUT2D eigenvalue weighted by Crippen LogP contribution is 2.37. The van der Waals surface area contributed by atoms with Crippen LogP contribution in [0.4, 0.5) is 5.69 Å². The minimum Gasteiger partial charge on any atom is -0.457 e. The van der Waals surface area contributed by atoms with Gasteiger partial charge < -0.3 is 14.8 Å². The number of hydrogen-bond donors (Lipinski definition) is 1. The molecule has 1 N–H and O–H groups in total. The summed E-state index contributed by atoms with van der Waals surface area (Å²) in [6, 6.07) is 42.8. The Hall–Kier alpha value is -6.51. The molecule has 0 unspecified atom stereocenters. The monoisotopic (exact) mass is 842 g/mol. The van der Waals surface area contributed by atoms with Gasteiger partial charge in [-0.15, -0.1) is 0 Å². The highest BCUT2D eigenvalue weighted by molar-refractivity contribution is 6.07. The van der Waals surface area contributed by atoms with Crippen molar-refractivity contribution in [3.8, 4) is 34.1 Å². The number of aldehydes is 1. The predicted octanol–water partition coefficient (Wildman–Crippen LogP) is 13.6. The van der Waals surface area contributed by atoms with E-state index in [1.807, 2.05) is 75.4 Å². The summed E-state index contributed by atoms with van der Waals surface area (Å²) in [5.41, 5.74) is 7.20. The van der Waals surface area contributed by atoms with Crippen LogP contribution in [0.1, 0.15) is 134 Å². The molecule has 0 saturated heterocycles. The first-order valence-corrected chi connectivity index (χ1v) is 22.0. The maximum absolute atomic E-state index is 13.7. The van der Waals surface area contributed by atoms with Crippen LogP contribution < -0.4 is 19.9 Å². The van der Waals surface area contributed by atoms with Gasteiger partial charge in [0.25, 0.3) is 11.8 Å². The highest BCUT2D eigenvalue weighted by Gasteiger charge is 2.29. The molecule has 6 aromatic carbocycles. The molecule has 63 heavy (non-hydrogen) atoms. The second-order valence-electron chi connectivity index (χ2n) is 17.6. The summed E-state index contributed by atoms with van der Waals surface area (Å²) >= 11 is 0. The van der Waals surface area contributed by atoms with Crippen molar-refractivity contribution in [2.24, 2.45) is 0 Å². The molecule has 6 aromatic rings. The van der Waals surface area contributed by atoms with Gasteiger partial charge in [-0.25, -0.2) is 0 Å². The molecule has 8 nitrogen and oxygen atoms in total. The lowest BCUT2D eigenvalue weighted by molar-refractivity contribution is 0.0530.